The number of nitrogens with zero attached hydrogens (tertiary/aromatic N) is 1. The quantitative estimate of drug-likeness (QED) is 0.821. The zero-order chi connectivity index (χ0) is 12.3. The summed E-state index contributed by atoms with van der Waals surface area (Å²) < 4.78 is 4.70. The predicted molar refractivity (Wildman–Crippen MR) is 62.2 cm³/mol. The first-order valence-corrected chi connectivity index (χ1v) is 6.03. The molecule has 1 aromatic heterocycles. The maximum atomic E-state index is 11.6. The molecule has 1 rings (SSSR count). The monoisotopic (exact) mass is 243 g/mol. The summed E-state index contributed by atoms with van der Waals surface area (Å²) in [4.78, 5) is 15.8. The third-order valence-electron chi connectivity index (χ3n) is 2.42. The second-order valence-corrected chi connectivity index (χ2v) is 4.95. The first-order valence-electron chi connectivity index (χ1n) is 5.15. The number of aliphatic hydroxyl groups excluding tert-OH is 1. The van der Waals surface area contributed by atoms with Crippen LogP contribution in [0.25, 0.3) is 0 Å². The lowest BCUT2D eigenvalue weighted by Gasteiger charge is -2.22. The summed E-state index contributed by atoms with van der Waals surface area (Å²) in [5.41, 5.74) is 0.853. The molecule has 1 aromatic rings. The Balaban J connectivity index is 2.91. The molecule has 0 saturated heterocycles. The highest BCUT2D eigenvalue weighted by molar-refractivity contribution is 7.09. The molecule has 90 valence electrons. The first-order chi connectivity index (χ1) is 7.47. The fourth-order valence-corrected chi connectivity index (χ4v) is 2.39. The van der Waals surface area contributed by atoms with Crippen LogP contribution in [-0.4, -0.2) is 23.2 Å². The third kappa shape index (κ3) is 2.80. The van der Waals surface area contributed by atoms with Crippen LogP contribution in [0.15, 0.2) is 5.38 Å². The fraction of sp³-hybridized carbons (Fsp3) is 0.636. The van der Waals surface area contributed by atoms with Crippen molar-refractivity contribution in [3.8, 4) is 0 Å². The highest BCUT2D eigenvalue weighted by Crippen LogP contribution is 2.30. The van der Waals surface area contributed by atoms with Gasteiger partial charge in [-0.2, -0.15) is 0 Å². The summed E-state index contributed by atoms with van der Waals surface area (Å²) in [6.07, 6.45) is -0.883. The van der Waals surface area contributed by atoms with Crippen molar-refractivity contribution < 1.29 is 14.6 Å². The number of esters is 1. The summed E-state index contributed by atoms with van der Waals surface area (Å²) in [6.45, 7) is 5.62. The Hall–Kier alpha value is -0.940. The average molecular weight is 243 g/mol. The van der Waals surface area contributed by atoms with Gasteiger partial charge in [-0.05, 0) is 12.8 Å². The molecule has 1 heterocycles. The van der Waals surface area contributed by atoms with Crippen molar-refractivity contribution in [1.82, 2.24) is 4.98 Å². The molecule has 0 aliphatic carbocycles. The van der Waals surface area contributed by atoms with Crippen molar-refractivity contribution >= 4 is 17.3 Å². The van der Waals surface area contributed by atoms with Crippen LogP contribution >= 0.6 is 11.3 Å². The Labute approximate surface area is 99.3 Å². The van der Waals surface area contributed by atoms with E-state index in [1.165, 1.54) is 18.4 Å². The standard InChI is InChI=1S/C11H17NO3S/c1-6(2)8(11(14)15-4)9(13)10-12-7(3)5-16-10/h5-6,8-9,13H,1-4H3. The molecule has 0 fully saturated rings. The molecule has 0 aliphatic heterocycles. The van der Waals surface area contributed by atoms with Crippen LogP contribution in [0.1, 0.15) is 30.7 Å². The maximum absolute atomic E-state index is 11.6. The van der Waals surface area contributed by atoms with E-state index < -0.39 is 18.0 Å². The lowest BCUT2D eigenvalue weighted by atomic mass is 9.90. The van der Waals surface area contributed by atoms with Gasteiger partial charge in [0.05, 0.1) is 13.0 Å². The van der Waals surface area contributed by atoms with E-state index in [1.807, 2.05) is 26.2 Å². The summed E-state index contributed by atoms with van der Waals surface area (Å²) >= 11 is 1.36. The van der Waals surface area contributed by atoms with E-state index in [9.17, 15) is 9.90 Å². The van der Waals surface area contributed by atoms with Gasteiger partial charge in [0.25, 0.3) is 0 Å². The highest BCUT2D eigenvalue weighted by Gasteiger charge is 2.33. The topological polar surface area (TPSA) is 59.4 Å². The van der Waals surface area contributed by atoms with Crippen LogP contribution in [0, 0.1) is 18.8 Å². The minimum Gasteiger partial charge on any atom is -0.469 e. The number of hydrogen-bond acceptors (Lipinski definition) is 5. The molecule has 0 spiro atoms. The van der Waals surface area contributed by atoms with Gasteiger partial charge in [-0.1, -0.05) is 13.8 Å². The van der Waals surface area contributed by atoms with E-state index in [0.29, 0.717) is 5.01 Å². The van der Waals surface area contributed by atoms with Gasteiger partial charge in [0.1, 0.15) is 11.1 Å². The Bertz CT molecular complexity index is 362. The first kappa shape index (κ1) is 13.1. The van der Waals surface area contributed by atoms with Crippen molar-refractivity contribution in [3.05, 3.63) is 16.1 Å². The number of methoxy groups -OCH3 is 1. The molecular formula is C11H17NO3S. The largest absolute Gasteiger partial charge is 0.469 e. The van der Waals surface area contributed by atoms with E-state index in [2.05, 4.69) is 4.98 Å². The number of carbonyl (C=O) groups is 1. The van der Waals surface area contributed by atoms with Crippen molar-refractivity contribution in [3.63, 3.8) is 0 Å². The number of carbonyl (C=O) groups excluding carboxylic acids is 1. The zero-order valence-corrected chi connectivity index (χ0v) is 10.7. The maximum Gasteiger partial charge on any atom is 0.312 e. The van der Waals surface area contributed by atoms with Crippen LogP contribution < -0.4 is 0 Å². The van der Waals surface area contributed by atoms with Crippen LogP contribution in [0.4, 0.5) is 0 Å². The smallest absolute Gasteiger partial charge is 0.312 e. The average Bonchev–Trinajstić information content (AvgIpc) is 2.64. The summed E-state index contributed by atoms with van der Waals surface area (Å²) in [6, 6.07) is 0. The number of rotatable bonds is 4. The third-order valence-corrected chi connectivity index (χ3v) is 3.45. The Kier molecular flexibility index (Phi) is 4.44. The van der Waals surface area contributed by atoms with Crippen LogP contribution in [0.5, 0.6) is 0 Å². The van der Waals surface area contributed by atoms with Crippen LogP contribution in [-0.2, 0) is 9.53 Å². The van der Waals surface area contributed by atoms with Crippen LogP contribution in [0.3, 0.4) is 0 Å². The lowest BCUT2D eigenvalue weighted by Crippen LogP contribution is -2.28. The summed E-state index contributed by atoms with van der Waals surface area (Å²) in [5.74, 6) is -0.947. The number of ether oxygens (including phenoxy) is 1. The molecule has 16 heavy (non-hydrogen) atoms. The van der Waals surface area contributed by atoms with Gasteiger partial charge >= 0.3 is 5.97 Å². The second-order valence-electron chi connectivity index (χ2n) is 4.06. The molecular weight excluding hydrogens is 226 g/mol. The highest BCUT2D eigenvalue weighted by atomic mass is 32.1. The normalized spacial score (nSPS) is 14.9. The lowest BCUT2D eigenvalue weighted by molar-refractivity contribution is -0.152. The SMILES string of the molecule is COC(=O)C(C(C)C)C(O)c1nc(C)cs1. The van der Waals surface area contributed by atoms with Gasteiger partial charge in [-0.25, -0.2) is 4.98 Å². The number of thiazole rings is 1. The Morgan fingerprint density at radius 2 is 2.19 bits per heavy atom. The molecule has 0 radical (unpaired) electrons. The molecule has 0 aromatic carbocycles. The van der Waals surface area contributed by atoms with Crippen molar-refractivity contribution in [2.75, 3.05) is 7.11 Å². The van der Waals surface area contributed by atoms with Crippen molar-refractivity contribution in [2.45, 2.75) is 26.9 Å². The molecule has 0 saturated carbocycles. The number of aliphatic hydroxyl groups is 1. The molecule has 2 unspecified atom stereocenters. The zero-order valence-electron chi connectivity index (χ0n) is 9.93. The van der Waals surface area contributed by atoms with Gasteiger partial charge in [0, 0.05) is 11.1 Å². The predicted octanol–water partition coefficient (Wildman–Crippen LogP) is 1.93. The summed E-state index contributed by atoms with van der Waals surface area (Å²) in [7, 11) is 1.33. The minimum atomic E-state index is -0.883. The van der Waals surface area contributed by atoms with Crippen molar-refractivity contribution in [2.24, 2.45) is 11.8 Å². The number of aromatic nitrogens is 1. The van der Waals surface area contributed by atoms with Gasteiger partial charge < -0.3 is 9.84 Å². The van der Waals surface area contributed by atoms with E-state index >= 15 is 0 Å². The molecule has 1 N–H and O–H groups in total. The van der Waals surface area contributed by atoms with Gasteiger partial charge in [-0.15, -0.1) is 11.3 Å². The Morgan fingerprint density at radius 3 is 2.56 bits per heavy atom. The molecule has 0 aliphatic rings. The van der Waals surface area contributed by atoms with Crippen LogP contribution in [0.2, 0.25) is 0 Å². The minimum absolute atomic E-state index is 0.00616. The number of hydrogen-bond donors (Lipinski definition) is 1. The molecule has 0 bridgehead atoms. The molecule has 2 atom stereocenters. The molecule has 4 nitrogen and oxygen atoms in total. The van der Waals surface area contributed by atoms with Gasteiger partial charge in [0.15, 0.2) is 0 Å². The van der Waals surface area contributed by atoms with E-state index in [-0.39, 0.29) is 5.92 Å². The second kappa shape index (κ2) is 5.41. The van der Waals surface area contributed by atoms with Gasteiger partial charge in [-0.3, -0.25) is 4.79 Å². The van der Waals surface area contributed by atoms with E-state index in [1.54, 1.807) is 0 Å². The Morgan fingerprint density at radius 1 is 1.56 bits per heavy atom. The summed E-state index contributed by atoms with van der Waals surface area (Å²) in [5, 5.41) is 12.5. The van der Waals surface area contributed by atoms with E-state index in [4.69, 9.17) is 4.74 Å². The molecule has 5 heteroatoms. The number of aryl methyl sites for hydroxylation is 1. The molecule has 0 amide bonds. The van der Waals surface area contributed by atoms with E-state index in [0.717, 1.165) is 5.69 Å². The fourth-order valence-electron chi connectivity index (χ4n) is 1.56. The van der Waals surface area contributed by atoms with Crippen molar-refractivity contribution in [1.29, 1.82) is 0 Å². The van der Waals surface area contributed by atoms with Gasteiger partial charge in [0.2, 0.25) is 0 Å².